The molecule has 1 aromatic rings. The first kappa shape index (κ1) is 18.4. The highest BCUT2D eigenvalue weighted by molar-refractivity contribution is 5.85. The topological polar surface area (TPSA) is 50.8 Å². The van der Waals surface area contributed by atoms with Gasteiger partial charge in [0.2, 0.25) is 0 Å². The highest BCUT2D eigenvalue weighted by atomic mass is 35.5. The summed E-state index contributed by atoms with van der Waals surface area (Å²) in [4.78, 5) is 13.3. The molecule has 1 amide bonds. The summed E-state index contributed by atoms with van der Waals surface area (Å²) in [7, 11) is 0. The van der Waals surface area contributed by atoms with Crippen LogP contribution in [0.4, 0.5) is 18.0 Å². The van der Waals surface area contributed by atoms with Crippen molar-refractivity contribution in [3.63, 3.8) is 0 Å². The normalized spacial score (nSPS) is 15.0. The van der Waals surface area contributed by atoms with Gasteiger partial charge in [0.15, 0.2) is 0 Å². The molecular weight excluding hydrogens is 325 g/mol. The van der Waals surface area contributed by atoms with Gasteiger partial charge in [0, 0.05) is 26.2 Å². The maximum absolute atomic E-state index is 12.0. The molecule has 0 spiro atoms. The van der Waals surface area contributed by atoms with E-state index in [0.717, 1.165) is 13.1 Å². The molecule has 0 atom stereocenters. The molecule has 124 valence electrons. The predicted octanol–water partition coefficient (Wildman–Crippen LogP) is 2.55. The van der Waals surface area contributed by atoms with E-state index in [2.05, 4.69) is 10.1 Å². The Balaban J connectivity index is 0.00000242. The summed E-state index contributed by atoms with van der Waals surface area (Å²) >= 11 is 0. The lowest BCUT2D eigenvalue weighted by atomic mass is 10.2. The first-order valence-electron chi connectivity index (χ1n) is 6.41. The van der Waals surface area contributed by atoms with Crippen molar-refractivity contribution in [3.8, 4) is 5.75 Å². The Morgan fingerprint density at radius 3 is 2.32 bits per heavy atom. The molecule has 1 heterocycles. The van der Waals surface area contributed by atoms with Gasteiger partial charge in [-0.3, -0.25) is 0 Å². The number of ether oxygens (including phenoxy) is 2. The number of piperazine rings is 1. The van der Waals surface area contributed by atoms with Crippen molar-refractivity contribution < 1.29 is 27.4 Å². The van der Waals surface area contributed by atoms with Gasteiger partial charge in [-0.25, -0.2) is 4.79 Å². The molecule has 0 radical (unpaired) electrons. The molecule has 5 nitrogen and oxygen atoms in total. The van der Waals surface area contributed by atoms with Gasteiger partial charge in [-0.15, -0.1) is 25.6 Å². The number of alkyl halides is 3. The SMILES string of the molecule is Cl.O=C(OCc1ccc(OC(F)(F)F)cc1)N1CCNCC1. The third-order valence-electron chi connectivity index (χ3n) is 2.89. The van der Waals surface area contributed by atoms with Crippen LogP contribution in [0.15, 0.2) is 24.3 Å². The van der Waals surface area contributed by atoms with Crippen LogP contribution in [0.3, 0.4) is 0 Å². The van der Waals surface area contributed by atoms with E-state index in [-0.39, 0.29) is 24.8 Å². The van der Waals surface area contributed by atoms with Crippen molar-refractivity contribution in [2.45, 2.75) is 13.0 Å². The van der Waals surface area contributed by atoms with Crippen molar-refractivity contribution in [1.82, 2.24) is 10.2 Å². The lowest BCUT2D eigenvalue weighted by Gasteiger charge is -2.26. The molecule has 1 aliphatic rings. The van der Waals surface area contributed by atoms with E-state index in [4.69, 9.17) is 4.74 Å². The fourth-order valence-corrected chi connectivity index (χ4v) is 1.87. The zero-order chi connectivity index (χ0) is 15.3. The molecule has 9 heteroatoms. The zero-order valence-electron chi connectivity index (χ0n) is 11.6. The van der Waals surface area contributed by atoms with Crippen LogP contribution in [0, 0.1) is 0 Å². The maximum Gasteiger partial charge on any atom is 0.573 e. The minimum absolute atomic E-state index is 0. The van der Waals surface area contributed by atoms with Crippen molar-refractivity contribution in [3.05, 3.63) is 29.8 Å². The summed E-state index contributed by atoms with van der Waals surface area (Å²) in [5.74, 6) is -0.306. The Labute approximate surface area is 131 Å². The Kier molecular flexibility index (Phi) is 6.76. The van der Waals surface area contributed by atoms with Crippen LogP contribution in [0.25, 0.3) is 0 Å². The molecule has 0 aliphatic carbocycles. The van der Waals surface area contributed by atoms with E-state index in [0.29, 0.717) is 18.7 Å². The third kappa shape index (κ3) is 5.98. The van der Waals surface area contributed by atoms with Gasteiger partial charge < -0.3 is 19.7 Å². The van der Waals surface area contributed by atoms with Crippen molar-refractivity contribution >= 4 is 18.5 Å². The first-order chi connectivity index (χ1) is 9.94. The number of benzene rings is 1. The summed E-state index contributed by atoms with van der Waals surface area (Å²) in [6.07, 6.45) is -5.14. The summed E-state index contributed by atoms with van der Waals surface area (Å²) in [6.45, 7) is 2.61. The maximum atomic E-state index is 12.0. The lowest BCUT2D eigenvalue weighted by molar-refractivity contribution is -0.274. The van der Waals surface area contributed by atoms with Crippen LogP contribution in [0.1, 0.15) is 5.56 Å². The predicted molar refractivity (Wildman–Crippen MR) is 75.0 cm³/mol. The molecule has 2 rings (SSSR count). The number of nitrogens with one attached hydrogen (secondary N) is 1. The Bertz CT molecular complexity index is 476. The monoisotopic (exact) mass is 340 g/mol. The lowest BCUT2D eigenvalue weighted by Crippen LogP contribution is -2.46. The molecule has 0 aromatic heterocycles. The highest BCUT2D eigenvalue weighted by Crippen LogP contribution is 2.22. The number of hydrogen-bond donors (Lipinski definition) is 1. The minimum Gasteiger partial charge on any atom is -0.445 e. The van der Waals surface area contributed by atoms with Gasteiger partial charge in [-0.1, -0.05) is 12.1 Å². The second-order valence-corrected chi connectivity index (χ2v) is 4.48. The number of carbonyl (C=O) groups excluding carboxylic acids is 1. The molecule has 1 aliphatic heterocycles. The van der Waals surface area contributed by atoms with E-state index in [1.165, 1.54) is 24.3 Å². The van der Waals surface area contributed by atoms with Gasteiger partial charge in [-0.05, 0) is 17.7 Å². The summed E-state index contributed by atoms with van der Waals surface area (Å²) < 4.78 is 44.9. The molecular formula is C13H16ClF3N2O3. The molecule has 1 aromatic carbocycles. The summed E-state index contributed by atoms with van der Waals surface area (Å²) in [6, 6.07) is 5.21. The smallest absolute Gasteiger partial charge is 0.445 e. The first-order valence-corrected chi connectivity index (χ1v) is 6.41. The van der Waals surface area contributed by atoms with Crippen LogP contribution >= 0.6 is 12.4 Å². The average Bonchev–Trinajstić information content (AvgIpc) is 2.45. The van der Waals surface area contributed by atoms with E-state index < -0.39 is 12.5 Å². The molecule has 0 unspecified atom stereocenters. The molecule has 1 N–H and O–H groups in total. The minimum atomic E-state index is -4.71. The average molecular weight is 341 g/mol. The standard InChI is InChI=1S/C13H15F3N2O3.ClH/c14-13(15,16)21-11-3-1-10(2-4-11)9-20-12(19)18-7-5-17-6-8-18;/h1-4,17H,5-9H2;1H. The Morgan fingerprint density at radius 2 is 1.77 bits per heavy atom. The number of rotatable bonds is 3. The molecule has 0 bridgehead atoms. The largest absolute Gasteiger partial charge is 0.573 e. The van der Waals surface area contributed by atoms with Crippen LogP contribution in [0.5, 0.6) is 5.75 Å². The van der Waals surface area contributed by atoms with Crippen LogP contribution in [-0.2, 0) is 11.3 Å². The van der Waals surface area contributed by atoms with Crippen molar-refractivity contribution in [2.24, 2.45) is 0 Å². The number of hydrogen-bond acceptors (Lipinski definition) is 4. The zero-order valence-corrected chi connectivity index (χ0v) is 12.4. The molecule has 22 heavy (non-hydrogen) atoms. The number of nitrogens with zero attached hydrogens (tertiary/aromatic N) is 1. The van der Waals surface area contributed by atoms with E-state index >= 15 is 0 Å². The quantitative estimate of drug-likeness (QED) is 0.918. The van der Waals surface area contributed by atoms with Crippen LogP contribution in [0.2, 0.25) is 0 Å². The Hall–Kier alpha value is -1.67. The molecule has 1 saturated heterocycles. The number of halogens is 4. The Morgan fingerprint density at radius 1 is 1.18 bits per heavy atom. The van der Waals surface area contributed by atoms with Gasteiger partial charge in [0.1, 0.15) is 12.4 Å². The van der Waals surface area contributed by atoms with Gasteiger partial charge in [-0.2, -0.15) is 0 Å². The number of carbonyl (C=O) groups is 1. The van der Waals surface area contributed by atoms with Crippen molar-refractivity contribution in [1.29, 1.82) is 0 Å². The van der Waals surface area contributed by atoms with E-state index in [1.54, 1.807) is 4.90 Å². The van der Waals surface area contributed by atoms with E-state index in [1.807, 2.05) is 0 Å². The summed E-state index contributed by atoms with van der Waals surface area (Å²) in [5, 5.41) is 3.11. The second kappa shape index (κ2) is 8.09. The number of amides is 1. The fraction of sp³-hybridized carbons (Fsp3) is 0.462. The van der Waals surface area contributed by atoms with Gasteiger partial charge in [0.25, 0.3) is 0 Å². The third-order valence-corrected chi connectivity index (χ3v) is 2.89. The fourth-order valence-electron chi connectivity index (χ4n) is 1.87. The van der Waals surface area contributed by atoms with Gasteiger partial charge >= 0.3 is 12.5 Å². The van der Waals surface area contributed by atoms with E-state index in [9.17, 15) is 18.0 Å². The van der Waals surface area contributed by atoms with Crippen LogP contribution < -0.4 is 10.1 Å². The molecule has 1 fully saturated rings. The van der Waals surface area contributed by atoms with Crippen molar-refractivity contribution in [2.75, 3.05) is 26.2 Å². The van der Waals surface area contributed by atoms with Crippen LogP contribution in [-0.4, -0.2) is 43.5 Å². The highest BCUT2D eigenvalue weighted by Gasteiger charge is 2.30. The summed E-state index contributed by atoms with van der Waals surface area (Å²) in [5.41, 5.74) is 0.591. The second-order valence-electron chi connectivity index (χ2n) is 4.48. The molecule has 0 saturated carbocycles. The van der Waals surface area contributed by atoms with Gasteiger partial charge in [0.05, 0.1) is 0 Å².